The molecule has 0 unspecified atom stereocenters. The number of halogens is 1. The van der Waals surface area contributed by atoms with Crippen molar-refractivity contribution in [2.75, 3.05) is 11.5 Å². The first kappa shape index (κ1) is 14.6. The fourth-order valence-corrected chi connectivity index (χ4v) is 3.86. The molecular weight excluding hydrogens is 377 g/mol. The molecule has 1 aromatic rings. The third-order valence-electron chi connectivity index (χ3n) is 3.23. The highest BCUT2D eigenvalue weighted by Gasteiger charge is 2.41. The summed E-state index contributed by atoms with van der Waals surface area (Å²) in [6.45, 7) is 0. The molecule has 1 aliphatic rings. The number of hydrogen-bond acceptors (Lipinski definition) is 3. The van der Waals surface area contributed by atoms with Crippen molar-refractivity contribution in [3.05, 3.63) is 33.4 Å². The quantitative estimate of drug-likeness (QED) is 0.777. The number of hydrogen-bond donors (Lipinski definition) is 2. The zero-order valence-electron chi connectivity index (χ0n) is 10.2. The molecule has 1 fully saturated rings. The molecule has 0 radical (unpaired) electrons. The summed E-state index contributed by atoms with van der Waals surface area (Å²) >= 11 is 3.80. The second kappa shape index (κ2) is 6.13. The van der Waals surface area contributed by atoms with Crippen molar-refractivity contribution in [1.29, 1.82) is 0 Å². The van der Waals surface area contributed by atoms with E-state index in [1.165, 1.54) is 0 Å². The number of thioether (sulfide) groups is 1. The van der Waals surface area contributed by atoms with Gasteiger partial charge in [0.1, 0.15) is 5.54 Å². The molecule has 0 spiro atoms. The largest absolute Gasteiger partial charge is 0.480 e. The van der Waals surface area contributed by atoms with Crippen LogP contribution in [0.25, 0.3) is 0 Å². The van der Waals surface area contributed by atoms with E-state index >= 15 is 0 Å². The highest BCUT2D eigenvalue weighted by molar-refractivity contribution is 14.1. The molecule has 0 aliphatic carbocycles. The first-order valence-electron chi connectivity index (χ1n) is 5.93. The summed E-state index contributed by atoms with van der Waals surface area (Å²) in [5.41, 5.74) is -0.580. The summed E-state index contributed by atoms with van der Waals surface area (Å²) in [7, 11) is 0. The highest BCUT2D eigenvalue weighted by Crippen LogP contribution is 2.28. The smallest absolute Gasteiger partial charge is 0.329 e. The number of carbonyl (C=O) groups is 2. The molecule has 0 bridgehead atoms. The fraction of sp³-hybridized carbons (Fsp3) is 0.385. The Bertz CT molecular complexity index is 500. The first-order chi connectivity index (χ1) is 9.05. The van der Waals surface area contributed by atoms with E-state index in [1.807, 2.05) is 12.1 Å². The Labute approximate surface area is 129 Å². The van der Waals surface area contributed by atoms with E-state index in [9.17, 15) is 14.7 Å². The molecule has 1 aliphatic heterocycles. The molecule has 2 N–H and O–H groups in total. The van der Waals surface area contributed by atoms with Crippen LogP contribution in [0.5, 0.6) is 0 Å². The van der Waals surface area contributed by atoms with Gasteiger partial charge in [0.15, 0.2) is 0 Å². The van der Waals surface area contributed by atoms with Gasteiger partial charge in [0.25, 0.3) is 5.91 Å². The van der Waals surface area contributed by atoms with Crippen LogP contribution in [0.1, 0.15) is 23.2 Å². The highest BCUT2D eigenvalue weighted by atomic mass is 127. The van der Waals surface area contributed by atoms with E-state index in [-0.39, 0.29) is 5.91 Å². The molecule has 1 amide bonds. The molecule has 102 valence electrons. The van der Waals surface area contributed by atoms with Crippen LogP contribution in [-0.2, 0) is 4.79 Å². The Balaban J connectivity index is 2.20. The maximum atomic E-state index is 12.3. The Morgan fingerprint density at radius 2 is 1.89 bits per heavy atom. The van der Waals surface area contributed by atoms with Gasteiger partial charge in [-0.15, -0.1) is 0 Å². The van der Waals surface area contributed by atoms with Crippen LogP contribution in [0, 0.1) is 3.57 Å². The number of amides is 1. The zero-order valence-corrected chi connectivity index (χ0v) is 13.2. The SMILES string of the molecule is O=C(NC1(C(=O)O)CCSCC1)c1ccccc1I. The summed E-state index contributed by atoms with van der Waals surface area (Å²) < 4.78 is 0.823. The Hall–Kier alpha value is -0.760. The van der Waals surface area contributed by atoms with Gasteiger partial charge >= 0.3 is 5.97 Å². The minimum atomic E-state index is -1.11. The lowest BCUT2D eigenvalue weighted by Gasteiger charge is -2.33. The number of rotatable bonds is 3. The predicted molar refractivity (Wildman–Crippen MR) is 83.6 cm³/mol. The monoisotopic (exact) mass is 391 g/mol. The number of carbonyl (C=O) groups excluding carboxylic acids is 1. The van der Waals surface area contributed by atoms with E-state index in [0.717, 1.165) is 15.1 Å². The van der Waals surface area contributed by atoms with Gasteiger partial charge in [-0.3, -0.25) is 4.79 Å². The van der Waals surface area contributed by atoms with Crippen LogP contribution < -0.4 is 5.32 Å². The fourth-order valence-electron chi connectivity index (χ4n) is 2.04. The minimum Gasteiger partial charge on any atom is -0.480 e. The Morgan fingerprint density at radius 3 is 2.47 bits per heavy atom. The number of carboxylic acid groups (broad SMARTS) is 1. The maximum Gasteiger partial charge on any atom is 0.329 e. The van der Waals surface area contributed by atoms with E-state index in [2.05, 4.69) is 27.9 Å². The molecule has 19 heavy (non-hydrogen) atoms. The van der Waals surface area contributed by atoms with Crippen molar-refractivity contribution in [2.45, 2.75) is 18.4 Å². The van der Waals surface area contributed by atoms with Crippen LogP contribution >= 0.6 is 34.4 Å². The van der Waals surface area contributed by atoms with Crippen molar-refractivity contribution in [3.63, 3.8) is 0 Å². The topological polar surface area (TPSA) is 66.4 Å². The number of benzene rings is 1. The van der Waals surface area contributed by atoms with Gasteiger partial charge in [-0.05, 0) is 59.1 Å². The van der Waals surface area contributed by atoms with Gasteiger partial charge in [-0.1, -0.05) is 12.1 Å². The zero-order chi connectivity index (χ0) is 13.9. The number of nitrogens with one attached hydrogen (secondary N) is 1. The summed E-state index contributed by atoms with van der Waals surface area (Å²) in [4.78, 5) is 23.8. The van der Waals surface area contributed by atoms with Gasteiger partial charge in [-0.25, -0.2) is 4.79 Å². The summed E-state index contributed by atoms with van der Waals surface area (Å²) in [5, 5.41) is 12.2. The lowest BCUT2D eigenvalue weighted by molar-refractivity contribution is -0.144. The summed E-state index contributed by atoms with van der Waals surface area (Å²) in [5.74, 6) is 0.281. The third-order valence-corrected chi connectivity index (χ3v) is 5.15. The maximum absolute atomic E-state index is 12.3. The van der Waals surface area contributed by atoms with Crippen LogP contribution in [-0.4, -0.2) is 34.0 Å². The van der Waals surface area contributed by atoms with Gasteiger partial charge < -0.3 is 10.4 Å². The van der Waals surface area contributed by atoms with Crippen molar-refractivity contribution in [1.82, 2.24) is 5.32 Å². The molecule has 1 heterocycles. The molecule has 6 heteroatoms. The molecule has 1 saturated heterocycles. The van der Waals surface area contributed by atoms with E-state index in [1.54, 1.807) is 23.9 Å². The van der Waals surface area contributed by atoms with Crippen molar-refractivity contribution in [2.24, 2.45) is 0 Å². The second-order valence-corrected chi connectivity index (χ2v) is 6.82. The normalized spacial score (nSPS) is 17.7. The molecule has 0 atom stereocenters. The van der Waals surface area contributed by atoms with E-state index in [0.29, 0.717) is 18.4 Å². The molecule has 0 saturated carbocycles. The predicted octanol–water partition coefficient (Wildman–Crippen LogP) is 2.37. The number of carboxylic acids is 1. The van der Waals surface area contributed by atoms with Crippen LogP contribution in [0.2, 0.25) is 0 Å². The van der Waals surface area contributed by atoms with Gasteiger partial charge in [0, 0.05) is 3.57 Å². The summed E-state index contributed by atoms with van der Waals surface area (Å²) in [6, 6.07) is 7.17. The van der Waals surface area contributed by atoms with Crippen molar-refractivity contribution < 1.29 is 14.7 Å². The molecule has 1 aromatic carbocycles. The van der Waals surface area contributed by atoms with Gasteiger partial charge in [0.05, 0.1) is 5.56 Å². The standard InChI is InChI=1S/C13H14INO3S/c14-10-4-2-1-3-9(10)11(16)15-13(12(17)18)5-7-19-8-6-13/h1-4H,5-8H2,(H,15,16)(H,17,18). The third kappa shape index (κ3) is 3.22. The van der Waals surface area contributed by atoms with Gasteiger partial charge in [-0.2, -0.15) is 11.8 Å². The average molecular weight is 391 g/mol. The molecular formula is C13H14INO3S. The molecule has 4 nitrogen and oxygen atoms in total. The summed E-state index contributed by atoms with van der Waals surface area (Å²) in [6.07, 6.45) is 0.949. The lowest BCUT2D eigenvalue weighted by Crippen LogP contribution is -2.56. The Kier molecular flexibility index (Phi) is 4.72. The molecule has 0 aromatic heterocycles. The van der Waals surface area contributed by atoms with E-state index in [4.69, 9.17) is 0 Å². The van der Waals surface area contributed by atoms with Crippen LogP contribution in [0.4, 0.5) is 0 Å². The minimum absolute atomic E-state index is 0.306. The first-order valence-corrected chi connectivity index (χ1v) is 8.17. The van der Waals surface area contributed by atoms with Crippen LogP contribution in [0.3, 0.4) is 0 Å². The second-order valence-electron chi connectivity index (χ2n) is 4.43. The van der Waals surface area contributed by atoms with Crippen molar-refractivity contribution in [3.8, 4) is 0 Å². The average Bonchev–Trinajstić information content (AvgIpc) is 2.40. The van der Waals surface area contributed by atoms with Crippen molar-refractivity contribution >= 4 is 46.2 Å². The Morgan fingerprint density at radius 1 is 1.26 bits per heavy atom. The van der Waals surface area contributed by atoms with Gasteiger partial charge in [0.2, 0.25) is 0 Å². The molecule has 2 rings (SSSR count). The van der Waals surface area contributed by atoms with E-state index < -0.39 is 11.5 Å². The lowest BCUT2D eigenvalue weighted by atomic mass is 9.92. The number of aliphatic carboxylic acids is 1. The van der Waals surface area contributed by atoms with Crippen LogP contribution in [0.15, 0.2) is 24.3 Å².